The monoisotopic (exact) mass is 1760 g/mol. The van der Waals surface area contributed by atoms with Crippen molar-refractivity contribution in [3.63, 3.8) is 0 Å². The number of benzene rings is 22. The molecule has 0 atom stereocenters. The molecule has 22 aromatic carbocycles. The van der Waals surface area contributed by atoms with Crippen LogP contribution in [-0.4, -0.2) is 19.5 Å². The zero-order valence-corrected chi connectivity index (χ0v) is 76.8. The van der Waals surface area contributed by atoms with E-state index in [2.05, 4.69) is 474 Å². The van der Waals surface area contributed by atoms with Crippen LogP contribution in [-0.2, 0) is 10.8 Å². The summed E-state index contributed by atoms with van der Waals surface area (Å²) >= 11 is 2.12. The Bertz CT molecular complexity index is 8840. The summed E-state index contributed by atoms with van der Waals surface area (Å²) in [7, 11) is 0. The molecule has 0 N–H and O–H groups in total. The number of hydrogen-bond donors (Lipinski definition) is 0. The molecular weight excluding hydrogens is 1670 g/mol. The molecule has 0 fully saturated rings. The van der Waals surface area contributed by atoms with Crippen LogP contribution >= 0.6 is 11.3 Å². The Kier molecular flexibility index (Phi) is 17.3. The van der Waals surface area contributed by atoms with Crippen LogP contribution in [0.2, 0.25) is 0 Å². The number of rotatable bonds is 9. The van der Waals surface area contributed by atoms with Crippen LogP contribution < -0.4 is 28.5 Å². The Morgan fingerprint density at radius 2 is 0.687 bits per heavy atom. The van der Waals surface area contributed by atoms with E-state index in [0.29, 0.717) is 11.8 Å². The summed E-state index contributed by atoms with van der Waals surface area (Å²) in [5.41, 5.74) is 25.7. The van der Waals surface area contributed by atoms with E-state index in [-0.39, 0.29) is 25.8 Å². The molecule has 7 heteroatoms. The van der Waals surface area contributed by atoms with Gasteiger partial charge in [-0.25, -0.2) is 0 Å². The molecule has 27 rings (SSSR count). The van der Waals surface area contributed by atoms with E-state index >= 15 is 0 Å². The molecule has 0 radical (unpaired) electrons. The molecule has 0 saturated heterocycles. The zero-order valence-electron chi connectivity index (χ0n) is 74.2. The van der Waals surface area contributed by atoms with Gasteiger partial charge in [0.2, 0.25) is 0 Å². The van der Waals surface area contributed by atoms with Gasteiger partial charge in [0.1, 0.15) is 0 Å². The molecule has 0 amide bonds. The fraction of sp³-hybridized carbons (Fsp3) is 0.0968. The van der Waals surface area contributed by atoms with Crippen LogP contribution in [0.4, 0.5) is 68.2 Å². The SMILES string of the molecule is CC(C)c1cc2ccc(N3c4ccccc4C(C)(C)c4cc5c(cc43)sc3ccccc35)c3c(C(C)C)cc4ccc(N(c5ccccc5)c5ccccc5)c1c4c23.CC1(C)c2ccccc2N(c2cc3c4ccccc4c(N4c5ccccc5[Se]c5ccccc54)cc3c3ccccc23)c2cc3c(cc21)c1c2ccc4c5ccccc5ccc4c2ccc1n3-c1ccccc1. The number of para-hydroxylation sites is 7. The minimum Gasteiger partial charge on any atom is -0.309 e. The Labute approximate surface area is 772 Å². The predicted octanol–water partition coefficient (Wildman–Crippen LogP) is 34.0. The van der Waals surface area contributed by atoms with Crippen molar-refractivity contribution in [2.45, 2.75) is 78.1 Å². The van der Waals surface area contributed by atoms with E-state index in [0.717, 1.165) is 17.1 Å². The van der Waals surface area contributed by atoms with Crippen molar-refractivity contribution in [2.75, 3.05) is 19.6 Å². The van der Waals surface area contributed by atoms with E-state index in [9.17, 15) is 0 Å². The third kappa shape index (κ3) is 11.5. The second-order valence-corrected chi connectivity index (χ2v) is 41.0. The quantitative estimate of drug-likeness (QED) is 0.106. The maximum atomic E-state index is 2.61. The second kappa shape index (κ2) is 29.4. The molecule has 3 aliphatic rings. The molecule has 0 bridgehead atoms. The van der Waals surface area contributed by atoms with Crippen LogP contribution in [0.1, 0.15) is 101 Å². The normalized spacial score (nSPS) is 13.8. The summed E-state index contributed by atoms with van der Waals surface area (Å²) in [6.45, 7) is 19.1. The van der Waals surface area contributed by atoms with Crippen molar-refractivity contribution in [2.24, 2.45) is 0 Å². The molecule has 624 valence electrons. The molecule has 0 saturated carbocycles. The standard InChI is InChI=1S/C69H45N3Se.C55H46N2S/c1-69(2)56-26-12-13-27-58(56)71(62-39-53-46-23-9-11-25-51(46)63(40-54(53)45-22-8-10-24-50(45)62)72-59-28-14-16-30-66(59)73-67-31-17-15-29-60(67)72)65-41-64-55(38-57(65)69)68-52-35-34-47-44-21-7-6-18-42(44)32-33-48(47)49(52)36-37-61(68)70(64)43-19-4-3-5-20-43;1-33(2)40-29-36-26-28-47(57-45-23-15-14-22-43(45)55(5,6)44-31-42-39-21-13-16-24-49(39)58-50(42)32-48(44)57)54-41(34(3)4)30-35-25-27-46(53(40)51(35)52(36)54)56(37-17-9-7-10-18-37)38-19-11-8-12-20-38/h3-41H,1-2H3;7-34H,1-6H3. The Morgan fingerprint density at radius 3 is 1.31 bits per heavy atom. The predicted molar refractivity (Wildman–Crippen MR) is 565 cm³/mol. The van der Waals surface area contributed by atoms with E-state index in [1.165, 1.54) is 238 Å². The minimum absolute atomic E-state index is 0.191. The van der Waals surface area contributed by atoms with Gasteiger partial charge in [-0.2, -0.15) is 0 Å². The number of nitrogens with zero attached hydrogens (tertiary/aromatic N) is 5. The smallest absolute Gasteiger partial charge is 0.309 e. The van der Waals surface area contributed by atoms with Crippen molar-refractivity contribution in [3.05, 3.63) is 428 Å². The fourth-order valence-corrected chi connectivity index (χ4v) is 26.4. The topological polar surface area (TPSA) is 17.9 Å². The van der Waals surface area contributed by atoms with E-state index in [1.54, 1.807) is 0 Å². The first-order valence-electron chi connectivity index (χ1n) is 46.1. The molecule has 24 aromatic rings. The second-order valence-electron chi connectivity index (χ2n) is 37.7. The molecule has 2 aromatic heterocycles. The zero-order chi connectivity index (χ0) is 87.6. The Hall–Kier alpha value is -14.8. The summed E-state index contributed by atoms with van der Waals surface area (Å²) in [6.07, 6.45) is 0. The summed E-state index contributed by atoms with van der Waals surface area (Å²) in [6, 6.07) is 149. The fourth-order valence-electron chi connectivity index (χ4n) is 23.1. The average Bonchev–Trinajstić information content (AvgIpc) is 1.64. The van der Waals surface area contributed by atoms with Gasteiger partial charge in [-0.15, -0.1) is 11.3 Å². The van der Waals surface area contributed by atoms with Crippen LogP contribution in [0, 0.1) is 0 Å². The van der Waals surface area contributed by atoms with Gasteiger partial charge in [0.25, 0.3) is 0 Å². The Morgan fingerprint density at radius 1 is 0.252 bits per heavy atom. The molecule has 131 heavy (non-hydrogen) atoms. The molecule has 0 spiro atoms. The van der Waals surface area contributed by atoms with Gasteiger partial charge in [-0.1, -0.05) is 243 Å². The summed E-state index contributed by atoms with van der Waals surface area (Å²) in [4.78, 5) is 10.2. The first-order chi connectivity index (χ1) is 64.2. The number of hydrogen-bond acceptors (Lipinski definition) is 5. The van der Waals surface area contributed by atoms with Crippen LogP contribution in [0.15, 0.2) is 394 Å². The first-order valence-corrected chi connectivity index (χ1v) is 48.6. The van der Waals surface area contributed by atoms with E-state index < -0.39 is 0 Å². The maximum absolute atomic E-state index is 2.61. The van der Waals surface area contributed by atoms with Gasteiger partial charge >= 0.3 is 233 Å². The molecule has 5 nitrogen and oxygen atoms in total. The molecule has 3 aliphatic heterocycles. The third-order valence-electron chi connectivity index (χ3n) is 29.1. The van der Waals surface area contributed by atoms with Crippen molar-refractivity contribution in [1.29, 1.82) is 0 Å². The van der Waals surface area contributed by atoms with Gasteiger partial charge in [0, 0.05) is 69.6 Å². The summed E-state index contributed by atoms with van der Waals surface area (Å²) in [5, 5.41) is 28.3. The number of anilines is 12. The number of aromatic nitrogens is 1. The van der Waals surface area contributed by atoms with Gasteiger partial charge < -0.3 is 14.4 Å². The average molecular weight is 1760 g/mol. The third-order valence-corrected chi connectivity index (χ3v) is 32.6. The van der Waals surface area contributed by atoms with Gasteiger partial charge in [0.15, 0.2) is 0 Å². The van der Waals surface area contributed by atoms with Gasteiger partial charge in [-0.3, -0.25) is 0 Å². The van der Waals surface area contributed by atoms with Gasteiger partial charge in [0.05, 0.1) is 33.8 Å². The summed E-state index contributed by atoms with van der Waals surface area (Å²) in [5.74, 6) is 0.625. The van der Waals surface area contributed by atoms with Crippen molar-refractivity contribution in [3.8, 4) is 5.69 Å². The number of thiophene rings is 1. The van der Waals surface area contributed by atoms with Crippen LogP contribution in [0.3, 0.4) is 0 Å². The van der Waals surface area contributed by atoms with E-state index in [1.807, 2.05) is 11.3 Å². The Balaban J connectivity index is 0.000000141. The first kappa shape index (κ1) is 77.3. The number of fused-ring (bicyclic) bond motifs is 23. The minimum atomic E-state index is -0.315. The van der Waals surface area contributed by atoms with Crippen molar-refractivity contribution < 1.29 is 0 Å². The molecule has 0 unspecified atom stereocenters. The summed E-state index contributed by atoms with van der Waals surface area (Å²) < 4.78 is 7.98. The molecular formula is C124H91N5SSe. The molecule has 5 heterocycles. The van der Waals surface area contributed by atoms with Crippen LogP contribution in [0.25, 0.3) is 145 Å². The van der Waals surface area contributed by atoms with E-state index in [4.69, 9.17) is 0 Å². The van der Waals surface area contributed by atoms with Crippen LogP contribution in [0.5, 0.6) is 0 Å². The van der Waals surface area contributed by atoms with Crippen molar-refractivity contribution >= 4 is 242 Å². The van der Waals surface area contributed by atoms with Crippen molar-refractivity contribution in [1.82, 2.24) is 4.57 Å². The van der Waals surface area contributed by atoms with Gasteiger partial charge in [-0.05, 0) is 173 Å². The molecule has 0 aliphatic carbocycles.